The van der Waals surface area contributed by atoms with Crippen molar-refractivity contribution in [3.8, 4) is 0 Å². The van der Waals surface area contributed by atoms with E-state index in [1.54, 1.807) is 6.07 Å². The highest BCUT2D eigenvalue weighted by molar-refractivity contribution is 6.41. The fourth-order valence-electron chi connectivity index (χ4n) is 1.87. The van der Waals surface area contributed by atoms with Gasteiger partial charge in [0.05, 0.1) is 10.5 Å². The van der Waals surface area contributed by atoms with Gasteiger partial charge < -0.3 is 4.98 Å². The zero-order valence-electron chi connectivity index (χ0n) is 9.92. The van der Waals surface area contributed by atoms with E-state index in [-0.39, 0.29) is 5.15 Å². The molecular weight excluding hydrogens is 307 g/mol. The van der Waals surface area contributed by atoms with Crippen LogP contribution in [0.25, 0.3) is 11.2 Å². The molecule has 3 nitrogen and oxygen atoms in total. The maximum absolute atomic E-state index is 13.1. The molecule has 0 aliphatic heterocycles. The first-order valence-corrected chi connectivity index (χ1v) is 6.43. The summed E-state index contributed by atoms with van der Waals surface area (Å²) in [5.74, 6) is -1.20. The Morgan fingerprint density at radius 1 is 1.05 bits per heavy atom. The second-order valence-electron chi connectivity index (χ2n) is 4.24. The number of imidazole rings is 1. The summed E-state index contributed by atoms with van der Waals surface area (Å²) in [6.07, 6.45) is 0.322. The van der Waals surface area contributed by atoms with E-state index in [4.69, 9.17) is 23.2 Å². The third-order valence-electron chi connectivity index (χ3n) is 2.79. The minimum Gasteiger partial charge on any atom is -0.340 e. The van der Waals surface area contributed by atoms with Crippen molar-refractivity contribution in [2.75, 3.05) is 0 Å². The molecule has 3 aromatic rings. The van der Waals surface area contributed by atoms with E-state index in [1.165, 1.54) is 6.07 Å². The first-order valence-electron chi connectivity index (χ1n) is 5.67. The summed E-state index contributed by atoms with van der Waals surface area (Å²) in [6.45, 7) is 0. The summed E-state index contributed by atoms with van der Waals surface area (Å²) in [5, 5.41) is 0.493. The standard InChI is InChI=1S/C13H7Cl2F2N3/c14-7-5-10-13(20-12(7)15)19-11(18-10)4-6-1-2-8(16)9(17)3-6/h1-3,5H,4H2,(H,18,19,20). The van der Waals surface area contributed by atoms with Gasteiger partial charge in [0.15, 0.2) is 17.3 Å². The van der Waals surface area contributed by atoms with Crippen molar-refractivity contribution in [1.82, 2.24) is 15.0 Å². The van der Waals surface area contributed by atoms with Gasteiger partial charge in [-0.2, -0.15) is 0 Å². The van der Waals surface area contributed by atoms with Crippen LogP contribution in [0.4, 0.5) is 8.78 Å². The molecule has 0 unspecified atom stereocenters. The summed E-state index contributed by atoms with van der Waals surface area (Å²) >= 11 is 11.7. The number of aromatic nitrogens is 3. The molecule has 0 aliphatic carbocycles. The first-order chi connectivity index (χ1) is 9.52. The van der Waals surface area contributed by atoms with Crippen LogP contribution in [0, 0.1) is 11.6 Å². The Morgan fingerprint density at radius 3 is 2.60 bits per heavy atom. The van der Waals surface area contributed by atoms with Crippen LogP contribution in [-0.2, 0) is 6.42 Å². The number of hydrogen-bond donors (Lipinski definition) is 1. The van der Waals surface area contributed by atoms with Crippen molar-refractivity contribution in [2.45, 2.75) is 6.42 Å². The summed E-state index contributed by atoms with van der Waals surface area (Å²) in [5.41, 5.74) is 1.66. The Hall–Kier alpha value is -1.72. The summed E-state index contributed by atoms with van der Waals surface area (Å²) in [4.78, 5) is 11.3. The minimum atomic E-state index is -0.886. The summed E-state index contributed by atoms with van der Waals surface area (Å²) in [7, 11) is 0. The normalized spacial score (nSPS) is 11.2. The third kappa shape index (κ3) is 2.46. The molecule has 0 saturated carbocycles. The van der Waals surface area contributed by atoms with Gasteiger partial charge in [-0.3, -0.25) is 0 Å². The van der Waals surface area contributed by atoms with Crippen molar-refractivity contribution >= 4 is 34.4 Å². The number of nitrogens with one attached hydrogen (secondary N) is 1. The Labute approximate surface area is 122 Å². The number of benzene rings is 1. The average Bonchev–Trinajstić information content (AvgIpc) is 2.76. The maximum Gasteiger partial charge on any atom is 0.179 e. The predicted molar refractivity (Wildman–Crippen MR) is 73.1 cm³/mol. The van der Waals surface area contributed by atoms with Gasteiger partial charge in [-0.25, -0.2) is 18.7 Å². The molecule has 3 rings (SSSR count). The van der Waals surface area contributed by atoms with E-state index in [9.17, 15) is 8.78 Å². The number of fused-ring (bicyclic) bond motifs is 1. The molecule has 0 radical (unpaired) electrons. The summed E-state index contributed by atoms with van der Waals surface area (Å²) in [6, 6.07) is 5.34. The average molecular weight is 314 g/mol. The quantitative estimate of drug-likeness (QED) is 0.723. The molecule has 7 heteroatoms. The first kappa shape index (κ1) is 13.3. The number of nitrogens with zero attached hydrogens (tertiary/aromatic N) is 2. The van der Waals surface area contributed by atoms with E-state index >= 15 is 0 Å². The van der Waals surface area contributed by atoms with Crippen LogP contribution in [0.15, 0.2) is 24.3 Å². The van der Waals surface area contributed by atoms with Crippen LogP contribution in [0.5, 0.6) is 0 Å². The van der Waals surface area contributed by atoms with E-state index in [1.807, 2.05) is 0 Å². The van der Waals surface area contributed by atoms with E-state index in [0.29, 0.717) is 34.0 Å². The number of halogens is 4. The molecule has 2 aromatic heterocycles. The number of pyridine rings is 1. The Morgan fingerprint density at radius 2 is 1.85 bits per heavy atom. The molecule has 0 atom stereocenters. The molecule has 0 spiro atoms. The van der Waals surface area contributed by atoms with Gasteiger partial charge in [-0.05, 0) is 23.8 Å². The smallest absolute Gasteiger partial charge is 0.179 e. The third-order valence-corrected chi connectivity index (χ3v) is 3.46. The molecule has 0 amide bonds. The van der Waals surface area contributed by atoms with Crippen LogP contribution in [0.3, 0.4) is 0 Å². The lowest BCUT2D eigenvalue weighted by Crippen LogP contribution is -1.93. The van der Waals surface area contributed by atoms with Crippen LogP contribution < -0.4 is 0 Å². The van der Waals surface area contributed by atoms with Crippen LogP contribution in [0.1, 0.15) is 11.4 Å². The molecule has 2 heterocycles. The van der Waals surface area contributed by atoms with Gasteiger partial charge in [0.25, 0.3) is 0 Å². The highest BCUT2D eigenvalue weighted by Crippen LogP contribution is 2.23. The van der Waals surface area contributed by atoms with Crippen LogP contribution >= 0.6 is 23.2 Å². The SMILES string of the molecule is Fc1ccc(Cc2nc3nc(Cl)c(Cl)cc3[nH]2)cc1F. The predicted octanol–water partition coefficient (Wildman–Crippen LogP) is 4.13. The van der Waals surface area contributed by atoms with Crippen LogP contribution in [-0.4, -0.2) is 15.0 Å². The fraction of sp³-hybridized carbons (Fsp3) is 0.0769. The molecule has 0 saturated heterocycles. The number of aromatic amines is 1. The maximum atomic E-state index is 13.1. The molecule has 102 valence electrons. The number of rotatable bonds is 2. The Bertz CT molecular complexity index is 763. The molecule has 1 N–H and O–H groups in total. The van der Waals surface area contributed by atoms with Crippen molar-refractivity contribution in [3.63, 3.8) is 0 Å². The zero-order chi connectivity index (χ0) is 14.3. The number of hydrogen-bond acceptors (Lipinski definition) is 2. The van der Waals surface area contributed by atoms with Crippen LogP contribution in [0.2, 0.25) is 10.2 Å². The van der Waals surface area contributed by atoms with Crippen molar-refractivity contribution in [2.24, 2.45) is 0 Å². The lowest BCUT2D eigenvalue weighted by Gasteiger charge is -1.99. The van der Waals surface area contributed by atoms with E-state index < -0.39 is 11.6 Å². The highest BCUT2D eigenvalue weighted by atomic mass is 35.5. The number of H-pyrrole nitrogens is 1. The lowest BCUT2D eigenvalue weighted by atomic mass is 10.1. The molecule has 0 fully saturated rings. The van der Waals surface area contributed by atoms with E-state index in [0.717, 1.165) is 12.1 Å². The van der Waals surface area contributed by atoms with Gasteiger partial charge in [0.2, 0.25) is 0 Å². The molecule has 0 aliphatic rings. The second kappa shape index (κ2) is 5.00. The van der Waals surface area contributed by atoms with E-state index in [2.05, 4.69) is 15.0 Å². The Balaban J connectivity index is 1.96. The minimum absolute atomic E-state index is 0.171. The van der Waals surface area contributed by atoms with Crippen molar-refractivity contribution in [3.05, 3.63) is 57.5 Å². The molecule has 20 heavy (non-hydrogen) atoms. The molecule has 0 bridgehead atoms. The zero-order valence-corrected chi connectivity index (χ0v) is 11.4. The molecular formula is C13H7Cl2F2N3. The van der Waals surface area contributed by atoms with Gasteiger partial charge in [-0.15, -0.1) is 0 Å². The van der Waals surface area contributed by atoms with Crippen molar-refractivity contribution in [1.29, 1.82) is 0 Å². The second-order valence-corrected chi connectivity index (χ2v) is 5.01. The van der Waals surface area contributed by atoms with Gasteiger partial charge in [0.1, 0.15) is 11.0 Å². The van der Waals surface area contributed by atoms with Crippen molar-refractivity contribution < 1.29 is 8.78 Å². The monoisotopic (exact) mass is 313 g/mol. The topological polar surface area (TPSA) is 41.6 Å². The Kier molecular flexibility index (Phi) is 3.31. The van der Waals surface area contributed by atoms with Gasteiger partial charge in [0, 0.05) is 6.42 Å². The highest BCUT2D eigenvalue weighted by Gasteiger charge is 2.10. The lowest BCUT2D eigenvalue weighted by molar-refractivity contribution is 0.507. The summed E-state index contributed by atoms with van der Waals surface area (Å²) < 4.78 is 26.0. The largest absolute Gasteiger partial charge is 0.340 e. The molecule has 1 aromatic carbocycles. The van der Waals surface area contributed by atoms with Gasteiger partial charge >= 0.3 is 0 Å². The van der Waals surface area contributed by atoms with Gasteiger partial charge in [-0.1, -0.05) is 29.3 Å². The fourth-order valence-corrected chi connectivity index (χ4v) is 2.16.